The van der Waals surface area contributed by atoms with E-state index >= 15 is 0 Å². The molecule has 0 spiro atoms. The van der Waals surface area contributed by atoms with Crippen molar-refractivity contribution >= 4 is 17.8 Å². The zero-order chi connectivity index (χ0) is 28.2. The van der Waals surface area contributed by atoms with Crippen LogP contribution in [-0.4, -0.2) is 69.3 Å². The van der Waals surface area contributed by atoms with Crippen molar-refractivity contribution in [2.24, 2.45) is 0 Å². The molecule has 218 valence electrons. The number of nitrogens with one attached hydrogen (secondary N) is 2. The highest BCUT2D eigenvalue weighted by Crippen LogP contribution is 2.33. The Hall–Kier alpha value is -3.21. The van der Waals surface area contributed by atoms with Crippen molar-refractivity contribution in [2.45, 2.75) is 57.7 Å². The molecule has 3 amide bonds. The Balaban J connectivity index is 1.08. The molecule has 1 fully saturated rings. The Morgan fingerprint density at radius 1 is 0.850 bits per heavy atom. The van der Waals surface area contributed by atoms with Crippen LogP contribution in [0.25, 0.3) is 0 Å². The van der Waals surface area contributed by atoms with E-state index in [2.05, 4.69) is 22.8 Å². The fraction of sp³-hybridized carbons (Fsp3) is 0.533. The van der Waals surface area contributed by atoms with E-state index in [0.29, 0.717) is 58.6 Å². The summed E-state index contributed by atoms with van der Waals surface area (Å²) in [6.45, 7) is 6.08. The Morgan fingerprint density at radius 2 is 1.50 bits per heavy atom. The third kappa shape index (κ3) is 9.18. The van der Waals surface area contributed by atoms with Gasteiger partial charge in [-0.25, -0.2) is 14.0 Å². The molecule has 1 heterocycles. The van der Waals surface area contributed by atoms with Gasteiger partial charge in [0.1, 0.15) is 12.4 Å². The Labute approximate surface area is 235 Å². The molecule has 0 bridgehead atoms. The molecule has 40 heavy (non-hydrogen) atoms. The van der Waals surface area contributed by atoms with E-state index in [4.69, 9.17) is 18.9 Å². The van der Waals surface area contributed by atoms with Crippen molar-refractivity contribution in [3.63, 3.8) is 0 Å². The molecule has 0 aromatic heterocycles. The summed E-state index contributed by atoms with van der Waals surface area (Å²) in [6, 6.07) is 12.5. The van der Waals surface area contributed by atoms with Gasteiger partial charge >= 0.3 is 12.1 Å². The van der Waals surface area contributed by atoms with Gasteiger partial charge in [0.05, 0.1) is 33.0 Å². The van der Waals surface area contributed by atoms with Gasteiger partial charge in [-0.2, -0.15) is 0 Å². The fourth-order valence-electron chi connectivity index (χ4n) is 5.10. The molecular weight excluding hydrogens is 517 g/mol. The summed E-state index contributed by atoms with van der Waals surface area (Å²) in [6.07, 6.45) is 3.27. The van der Waals surface area contributed by atoms with E-state index in [1.54, 1.807) is 11.0 Å². The summed E-state index contributed by atoms with van der Waals surface area (Å²) in [7, 11) is 0. The SMILES string of the molecule is CCOCCOCCOCCOC(=O)NC1CCC(c2ccc(NC(=O)N3Cc4ccc(F)cc4C3)cc2)CC1. The van der Waals surface area contributed by atoms with Crippen LogP contribution in [0.15, 0.2) is 42.5 Å². The van der Waals surface area contributed by atoms with Gasteiger partial charge in [0, 0.05) is 31.4 Å². The predicted molar refractivity (Wildman–Crippen MR) is 149 cm³/mol. The highest BCUT2D eigenvalue weighted by atomic mass is 19.1. The van der Waals surface area contributed by atoms with E-state index in [-0.39, 0.29) is 24.5 Å². The number of halogens is 1. The summed E-state index contributed by atoms with van der Waals surface area (Å²) in [5.41, 5.74) is 3.78. The Morgan fingerprint density at radius 3 is 2.20 bits per heavy atom. The van der Waals surface area contributed by atoms with E-state index in [9.17, 15) is 14.0 Å². The zero-order valence-electron chi connectivity index (χ0n) is 23.2. The van der Waals surface area contributed by atoms with Gasteiger partial charge in [-0.1, -0.05) is 18.2 Å². The number of ether oxygens (including phenoxy) is 4. The smallest absolute Gasteiger partial charge is 0.407 e. The van der Waals surface area contributed by atoms with Crippen molar-refractivity contribution in [3.8, 4) is 0 Å². The van der Waals surface area contributed by atoms with Crippen LogP contribution >= 0.6 is 0 Å². The van der Waals surface area contributed by atoms with Crippen LogP contribution in [0.4, 0.5) is 19.7 Å². The van der Waals surface area contributed by atoms with E-state index < -0.39 is 6.09 Å². The molecular formula is C30H40FN3O6. The molecule has 0 radical (unpaired) electrons. The van der Waals surface area contributed by atoms with Crippen LogP contribution in [0.1, 0.15) is 55.2 Å². The van der Waals surface area contributed by atoms with E-state index in [1.165, 1.54) is 17.7 Å². The first-order valence-corrected chi connectivity index (χ1v) is 14.1. The minimum atomic E-state index is -0.411. The van der Waals surface area contributed by atoms with Crippen molar-refractivity contribution in [1.29, 1.82) is 0 Å². The van der Waals surface area contributed by atoms with E-state index in [0.717, 1.165) is 42.5 Å². The lowest BCUT2D eigenvalue weighted by atomic mass is 9.82. The predicted octanol–water partition coefficient (Wildman–Crippen LogP) is 5.20. The molecule has 9 nitrogen and oxygen atoms in total. The number of hydrogen-bond acceptors (Lipinski definition) is 6. The zero-order valence-corrected chi connectivity index (χ0v) is 23.2. The Bertz CT molecular complexity index is 1090. The van der Waals surface area contributed by atoms with Crippen molar-refractivity contribution in [3.05, 3.63) is 65.0 Å². The first-order valence-electron chi connectivity index (χ1n) is 14.1. The molecule has 1 saturated carbocycles. The number of benzene rings is 2. The number of anilines is 1. The van der Waals surface area contributed by atoms with Crippen molar-refractivity contribution in [1.82, 2.24) is 10.2 Å². The maximum atomic E-state index is 13.5. The molecule has 2 aromatic carbocycles. The second kappa shape index (κ2) is 15.5. The second-order valence-corrected chi connectivity index (χ2v) is 10.1. The quantitative estimate of drug-likeness (QED) is 0.329. The number of nitrogens with zero attached hydrogens (tertiary/aromatic N) is 1. The first-order chi connectivity index (χ1) is 19.5. The normalized spacial score (nSPS) is 18.3. The molecule has 0 unspecified atom stereocenters. The summed E-state index contributed by atoms with van der Waals surface area (Å²) < 4.78 is 34.7. The number of urea groups is 1. The van der Waals surface area contributed by atoms with Gasteiger partial charge in [-0.05, 0) is 79.5 Å². The lowest BCUT2D eigenvalue weighted by Crippen LogP contribution is -2.38. The maximum absolute atomic E-state index is 13.5. The average Bonchev–Trinajstić information content (AvgIpc) is 3.38. The monoisotopic (exact) mass is 557 g/mol. The van der Waals surface area contributed by atoms with Crippen molar-refractivity contribution in [2.75, 3.05) is 51.6 Å². The first kappa shape index (κ1) is 29.8. The van der Waals surface area contributed by atoms with Crippen LogP contribution in [-0.2, 0) is 32.0 Å². The topological polar surface area (TPSA) is 98.4 Å². The molecule has 2 aliphatic rings. The van der Waals surface area contributed by atoms with Crippen LogP contribution in [0.3, 0.4) is 0 Å². The third-order valence-electron chi connectivity index (χ3n) is 7.27. The Kier molecular flexibility index (Phi) is 11.6. The molecule has 1 aliphatic carbocycles. The van der Waals surface area contributed by atoms with Gasteiger partial charge in [0.15, 0.2) is 0 Å². The molecule has 0 atom stereocenters. The number of hydrogen-bond donors (Lipinski definition) is 2. The lowest BCUT2D eigenvalue weighted by Gasteiger charge is -2.29. The second-order valence-electron chi connectivity index (χ2n) is 10.1. The van der Waals surface area contributed by atoms with Gasteiger partial charge in [-0.3, -0.25) is 0 Å². The molecule has 2 aromatic rings. The summed E-state index contributed by atoms with van der Waals surface area (Å²) >= 11 is 0. The van der Waals surface area contributed by atoms with Gasteiger partial charge in [0.25, 0.3) is 0 Å². The summed E-state index contributed by atoms with van der Waals surface area (Å²) in [4.78, 5) is 26.5. The lowest BCUT2D eigenvalue weighted by molar-refractivity contribution is 0.00719. The number of amides is 3. The summed E-state index contributed by atoms with van der Waals surface area (Å²) in [5.74, 6) is 0.125. The third-order valence-corrected chi connectivity index (χ3v) is 7.27. The molecule has 2 N–H and O–H groups in total. The fourth-order valence-corrected chi connectivity index (χ4v) is 5.10. The molecule has 4 rings (SSSR count). The molecule has 1 aliphatic heterocycles. The molecule has 0 saturated heterocycles. The van der Waals surface area contributed by atoms with Gasteiger partial charge < -0.3 is 34.5 Å². The van der Waals surface area contributed by atoms with Gasteiger partial charge in [-0.15, -0.1) is 0 Å². The maximum Gasteiger partial charge on any atom is 0.407 e. The number of fused-ring (bicyclic) bond motifs is 1. The van der Waals surface area contributed by atoms with Gasteiger partial charge in [0.2, 0.25) is 0 Å². The highest BCUT2D eigenvalue weighted by molar-refractivity contribution is 5.89. The van der Waals surface area contributed by atoms with Crippen LogP contribution in [0.5, 0.6) is 0 Å². The van der Waals surface area contributed by atoms with Crippen LogP contribution < -0.4 is 10.6 Å². The van der Waals surface area contributed by atoms with Crippen molar-refractivity contribution < 1.29 is 32.9 Å². The number of rotatable bonds is 13. The number of alkyl carbamates (subject to hydrolysis) is 1. The van der Waals surface area contributed by atoms with Crippen LogP contribution in [0, 0.1) is 5.82 Å². The highest BCUT2D eigenvalue weighted by Gasteiger charge is 2.25. The standard InChI is InChI=1S/C30H40FN3O6/c1-2-37-13-14-38-15-16-39-17-18-40-30(36)33-28-11-6-23(7-12-28)22-4-9-27(10-5-22)32-29(35)34-20-24-3-8-26(31)19-25(24)21-34/h3-5,8-10,19,23,28H,2,6-7,11-18,20-21H2,1H3,(H,32,35)(H,33,36). The van der Waals surface area contributed by atoms with Crippen LogP contribution in [0.2, 0.25) is 0 Å². The number of carbonyl (C=O) groups excluding carboxylic acids is 2. The average molecular weight is 558 g/mol. The summed E-state index contributed by atoms with van der Waals surface area (Å²) in [5, 5.41) is 5.90. The minimum absolute atomic E-state index is 0.0972. The van der Waals surface area contributed by atoms with E-state index in [1.807, 2.05) is 19.1 Å². The largest absolute Gasteiger partial charge is 0.447 e. The minimum Gasteiger partial charge on any atom is -0.447 e. The molecule has 10 heteroatoms. The number of carbonyl (C=O) groups is 2.